The maximum Gasteiger partial charge on any atom is 0.150 e. The first kappa shape index (κ1) is 14.9. The van der Waals surface area contributed by atoms with Crippen molar-refractivity contribution in [1.82, 2.24) is 4.90 Å². The van der Waals surface area contributed by atoms with Gasteiger partial charge in [-0.2, -0.15) is 0 Å². The fourth-order valence-corrected chi connectivity index (χ4v) is 4.08. The van der Waals surface area contributed by atoms with E-state index in [4.69, 9.17) is 5.73 Å². The van der Waals surface area contributed by atoms with E-state index in [1.54, 1.807) is 0 Å². The maximum atomic E-state index is 11.5. The molecule has 1 atom stereocenters. The highest BCUT2D eigenvalue weighted by Gasteiger charge is 2.41. The number of likely N-dealkylation sites (N-methyl/N-ethyl adjacent to an activating group) is 1. The normalized spacial score (nSPS) is 25.1. The summed E-state index contributed by atoms with van der Waals surface area (Å²) >= 11 is 0. The highest BCUT2D eigenvalue weighted by molar-refractivity contribution is 7.91. The van der Waals surface area contributed by atoms with Crippen LogP contribution in [0.4, 0.5) is 0 Å². The summed E-state index contributed by atoms with van der Waals surface area (Å²) in [4.78, 5) is 2.30. The molecule has 0 spiro atoms. The van der Waals surface area contributed by atoms with Crippen LogP contribution in [0.15, 0.2) is 0 Å². The molecular weight excluding hydrogens is 236 g/mol. The summed E-state index contributed by atoms with van der Waals surface area (Å²) in [5.74, 6) is 1.10. The van der Waals surface area contributed by atoms with Gasteiger partial charge in [-0.25, -0.2) is 8.42 Å². The smallest absolute Gasteiger partial charge is 0.150 e. The number of nitrogens with two attached hydrogens (primary N) is 1. The fourth-order valence-electron chi connectivity index (χ4n) is 2.50. The van der Waals surface area contributed by atoms with Gasteiger partial charge in [0.25, 0.3) is 0 Å². The molecule has 0 amide bonds. The molecule has 0 saturated carbocycles. The summed E-state index contributed by atoms with van der Waals surface area (Å²) in [6.07, 6.45) is 1.33. The molecule has 0 aromatic rings. The molecule has 0 radical (unpaired) electrons. The highest BCUT2D eigenvalue weighted by atomic mass is 32.2. The second-order valence-corrected chi connectivity index (χ2v) is 7.98. The molecule has 1 aliphatic rings. The van der Waals surface area contributed by atoms with Crippen LogP contribution in [0.5, 0.6) is 0 Å². The molecule has 0 aromatic carbocycles. The third-order valence-electron chi connectivity index (χ3n) is 4.46. The topological polar surface area (TPSA) is 63.4 Å². The van der Waals surface area contributed by atoms with Crippen LogP contribution in [0.1, 0.15) is 33.6 Å². The van der Waals surface area contributed by atoms with Crippen molar-refractivity contribution >= 4 is 9.84 Å². The lowest BCUT2D eigenvalue weighted by Gasteiger charge is -2.47. The minimum absolute atomic E-state index is 0.130. The standard InChI is InChI=1S/C12H26N2O2S/c1-10(2)11(3)14(4)12(9-13)5-7-17(15,16)8-6-12/h10-11H,5-9,13H2,1-4H3. The highest BCUT2D eigenvalue weighted by Crippen LogP contribution is 2.31. The van der Waals surface area contributed by atoms with Gasteiger partial charge >= 0.3 is 0 Å². The van der Waals surface area contributed by atoms with Crippen molar-refractivity contribution < 1.29 is 8.42 Å². The van der Waals surface area contributed by atoms with E-state index < -0.39 is 9.84 Å². The molecule has 0 aromatic heterocycles. The number of rotatable bonds is 4. The first-order chi connectivity index (χ1) is 7.74. The van der Waals surface area contributed by atoms with Gasteiger partial charge in [0.05, 0.1) is 11.5 Å². The van der Waals surface area contributed by atoms with Crippen molar-refractivity contribution in [3.63, 3.8) is 0 Å². The molecule has 5 heteroatoms. The zero-order chi connectivity index (χ0) is 13.3. The van der Waals surface area contributed by atoms with Crippen LogP contribution in [0.3, 0.4) is 0 Å². The Morgan fingerprint density at radius 2 is 1.71 bits per heavy atom. The lowest BCUT2D eigenvalue weighted by molar-refractivity contribution is 0.0543. The van der Waals surface area contributed by atoms with Crippen LogP contribution in [0.2, 0.25) is 0 Å². The predicted octanol–water partition coefficient (Wildman–Crippen LogP) is 0.869. The minimum Gasteiger partial charge on any atom is -0.329 e. The van der Waals surface area contributed by atoms with Crippen molar-refractivity contribution in [2.45, 2.75) is 45.2 Å². The summed E-state index contributed by atoms with van der Waals surface area (Å²) in [5, 5.41) is 0. The molecule has 0 aliphatic carbocycles. The number of nitrogens with zero attached hydrogens (tertiary/aromatic N) is 1. The van der Waals surface area contributed by atoms with Gasteiger partial charge in [-0.1, -0.05) is 13.8 Å². The summed E-state index contributed by atoms with van der Waals surface area (Å²) < 4.78 is 23.0. The molecule has 2 N–H and O–H groups in total. The molecule has 0 bridgehead atoms. The third kappa shape index (κ3) is 3.20. The van der Waals surface area contributed by atoms with Gasteiger partial charge in [0, 0.05) is 18.1 Å². The Bertz CT molecular complexity index is 338. The third-order valence-corrected chi connectivity index (χ3v) is 6.11. The Hall–Kier alpha value is -0.130. The second kappa shape index (κ2) is 5.24. The lowest BCUT2D eigenvalue weighted by Crippen LogP contribution is -2.59. The second-order valence-electron chi connectivity index (χ2n) is 5.68. The molecule has 1 rings (SSSR count). The van der Waals surface area contributed by atoms with Gasteiger partial charge < -0.3 is 5.73 Å². The average molecular weight is 262 g/mol. The van der Waals surface area contributed by atoms with Crippen LogP contribution in [-0.4, -0.2) is 50.0 Å². The van der Waals surface area contributed by atoms with Crippen molar-refractivity contribution in [1.29, 1.82) is 0 Å². The predicted molar refractivity (Wildman–Crippen MR) is 71.7 cm³/mol. The van der Waals surface area contributed by atoms with Gasteiger partial charge in [0.1, 0.15) is 9.84 Å². The number of sulfone groups is 1. The number of hydrogen-bond acceptors (Lipinski definition) is 4. The quantitative estimate of drug-likeness (QED) is 0.816. The zero-order valence-corrected chi connectivity index (χ0v) is 12.3. The first-order valence-electron chi connectivity index (χ1n) is 6.37. The summed E-state index contributed by atoms with van der Waals surface area (Å²) in [6.45, 7) is 7.09. The number of hydrogen-bond donors (Lipinski definition) is 1. The molecule has 1 aliphatic heterocycles. The average Bonchev–Trinajstić information content (AvgIpc) is 2.28. The van der Waals surface area contributed by atoms with Gasteiger partial charge in [-0.3, -0.25) is 4.90 Å². The summed E-state index contributed by atoms with van der Waals surface area (Å²) in [6, 6.07) is 0.416. The molecule has 1 saturated heterocycles. The Morgan fingerprint density at radius 1 is 1.24 bits per heavy atom. The summed E-state index contributed by atoms with van der Waals surface area (Å²) in [5.41, 5.74) is 5.80. The van der Waals surface area contributed by atoms with E-state index in [0.717, 1.165) is 0 Å². The first-order valence-corrected chi connectivity index (χ1v) is 8.20. The Morgan fingerprint density at radius 3 is 2.06 bits per heavy atom. The molecule has 1 fully saturated rings. The van der Waals surface area contributed by atoms with Crippen LogP contribution < -0.4 is 5.73 Å². The van der Waals surface area contributed by atoms with E-state index in [9.17, 15) is 8.42 Å². The van der Waals surface area contributed by atoms with Gasteiger partial charge in [-0.05, 0) is 32.7 Å². The van der Waals surface area contributed by atoms with Crippen molar-refractivity contribution in [2.75, 3.05) is 25.1 Å². The van der Waals surface area contributed by atoms with Crippen LogP contribution >= 0.6 is 0 Å². The molecule has 4 nitrogen and oxygen atoms in total. The van der Waals surface area contributed by atoms with E-state index in [-0.39, 0.29) is 17.0 Å². The van der Waals surface area contributed by atoms with Crippen molar-refractivity contribution in [3.05, 3.63) is 0 Å². The van der Waals surface area contributed by atoms with E-state index in [0.29, 0.717) is 31.3 Å². The van der Waals surface area contributed by atoms with Gasteiger partial charge in [0.15, 0.2) is 0 Å². The lowest BCUT2D eigenvalue weighted by atomic mass is 9.87. The zero-order valence-electron chi connectivity index (χ0n) is 11.4. The Balaban J connectivity index is 2.84. The molecule has 1 unspecified atom stereocenters. The van der Waals surface area contributed by atoms with Gasteiger partial charge in [-0.15, -0.1) is 0 Å². The van der Waals surface area contributed by atoms with Crippen LogP contribution in [0.25, 0.3) is 0 Å². The molecule has 102 valence electrons. The SMILES string of the molecule is CC(C)C(C)N(C)C1(CN)CCS(=O)(=O)CC1. The summed E-state index contributed by atoms with van der Waals surface area (Å²) in [7, 11) is -0.747. The van der Waals surface area contributed by atoms with Gasteiger partial charge in [0.2, 0.25) is 0 Å². The molecular formula is C12H26N2O2S. The van der Waals surface area contributed by atoms with Crippen LogP contribution in [0, 0.1) is 5.92 Å². The molecule has 1 heterocycles. The Labute approximate surface area is 105 Å². The minimum atomic E-state index is -2.83. The fraction of sp³-hybridized carbons (Fsp3) is 1.00. The van der Waals surface area contributed by atoms with E-state index in [2.05, 4.69) is 32.7 Å². The largest absolute Gasteiger partial charge is 0.329 e. The Kier molecular flexibility index (Phi) is 4.60. The van der Waals surface area contributed by atoms with Crippen LogP contribution in [-0.2, 0) is 9.84 Å². The monoisotopic (exact) mass is 262 g/mol. The maximum absolute atomic E-state index is 11.5. The van der Waals surface area contributed by atoms with E-state index in [1.165, 1.54) is 0 Å². The van der Waals surface area contributed by atoms with E-state index in [1.807, 2.05) is 0 Å². The van der Waals surface area contributed by atoms with Crippen molar-refractivity contribution in [2.24, 2.45) is 11.7 Å². The van der Waals surface area contributed by atoms with Crippen molar-refractivity contribution in [3.8, 4) is 0 Å². The van der Waals surface area contributed by atoms with E-state index >= 15 is 0 Å². The molecule has 17 heavy (non-hydrogen) atoms.